The summed E-state index contributed by atoms with van der Waals surface area (Å²) in [6, 6.07) is 16.2. The van der Waals surface area contributed by atoms with Crippen LogP contribution in [0.4, 0.5) is 14.0 Å². The molecule has 3 aromatic rings. The molecule has 0 fully saturated rings. The largest absolute Gasteiger partial charge is 0.453 e. The van der Waals surface area contributed by atoms with Crippen molar-refractivity contribution in [3.05, 3.63) is 90.0 Å². The first-order chi connectivity index (χ1) is 24.4. The number of benzene rings is 2. The van der Waals surface area contributed by atoms with Gasteiger partial charge in [-0.3, -0.25) is 9.59 Å². The second-order valence-corrected chi connectivity index (χ2v) is 15.0. The fraction of sp³-hybridized carbons (Fsp3) is 0.462. The van der Waals surface area contributed by atoms with Crippen LogP contribution in [0.2, 0.25) is 0 Å². The molecular weight excluding hydrogens is 669 g/mol. The highest BCUT2D eigenvalue weighted by molar-refractivity contribution is 5.87. The number of nitrogens with zero attached hydrogens (tertiary/aromatic N) is 1. The van der Waals surface area contributed by atoms with Crippen molar-refractivity contribution in [2.75, 3.05) is 14.2 Å². The Balaban J connectivity index is 1.96. The molecule has 0 radical (unpaired) electrons. The van der Waals surface area contributed by atoms with Gasteiger partial charge in [-0.25, -0.2) is 14.6 Å². The lowest BCUT2D eigenvalue weighted by Crippen LogP contribution is -2.59. The van der Waals surface area contributed by atoms with E-state index in [1.165, 1.54) is 26.5 Å². The lowest BCUT2D eigenvalue weighted by atomic mass is 9.85. The third kappa shape index (κ3) is 12.6. The molecule has 0 aliphatic carbocycles. The maximum Gasteiger partial charge on any atom is 0.407 e. The molecule has 3 rings (SSSR count). The number of aliphatic hydroxyl groups excluding tert-OH is 1. The van der Waals surface area contributed by atoms with Crippen molar-refractivity contribution in [1.29, 1.82) is 0 Å². The van der Waals surface area contributed by atoms with Crippen molar-refractivity contribution in [2.45, 2.75) is 91.1 Å². The van der Waals surface area contributed by atoms with Crippen LogP contribution in [0.5, 0.6) is 0 Å². The van der Waals surface area contributed by atoms with Crippen LogP contribution in [0, 0.1) is 16.8 Å². The minimum absolute atomic E-state index is 0.0185. The number of hydrogen-bond acceptors (Lipinski definition) is 8. The van der Waals surface area contributed by atoms with Crippen LogP contribution >= 0.6 is 0 Å². The lowest BCUT2D eigenvalue weighted by molar-refractivity contribution is -0.128. The normalized spacial score (nSPS) is 14.5. The summed E-state index contributed by atoms with van der Waals surface area (Å²) in [6.45, 7) is 10.8. The number of rotatable bonds is 14. The Kier molecular flexibility index (Phi) is 14.7. The molecule has 4 amide bonds. The van der Waals surface area contributed by atoms with E-state index in [0.29, 0.717) is 6.42 Å². The van der Waals surface area contributed by atoms with Gasteiger partial charge in [0.15, 0.2) is 0 Å². The van der Waals surface area contributed by atoms with Gasteiger partial charge in [0.1, 0.15) is 12.1 Å². The molecule has 5 atom stereocenters. The Labute approximate surface area is 305 Å². The number of carbonyl (C=O) groups excluding carboxylic acids is 4. The SMILES string of the molecule is COC(=O)N[C@H](C(=O)N[C@@H](Cc1ccccc1)C[C@H](O)[C@H](Cc1ccc(-c2ccc(F)nc2)cc1)NC(=O)[C@@H](NC(=O)OC)C(C)(C)C)C(C)(C)C. The van der Waals surface area contributed by atoms with Gasteiger partial charge in [0.2, 0.25) is 17.8 Å². The average molecular weight is 722 g/mol. The first-order valence-electron chi connectivity index (χ1n) is 17.1. The minimum atomic E-state index is -1.20. The number of alkyl carbamates (subject to hydrolysis) is 2. The summed E-state index contributed by atoms with van der Waals surface area (Å²) in [4.78, 5) is 55.7. The zero-order valence-corrected chi connectivity index (χ0v) is 31.2. The predicted octanol–water partition coefficient (Wildman–Crippen LogP) is 4.93. The van der Waals surface area contributed by atoms with Gasteiger partial charge in [0.05, 0.1) is 26.4 Å². The van der Waals surface area contributed by atoms with Crippen LogP contribution in [0.3, 0.4) is 0 Å². The van der Waals surface area contributed by atoms with Crippen LogP contribution in [0.15, 0.2) is 72.9 Å². The molecule has 0 bridgehead atoms. The Bertz CT molecular complexity index is 1620. The standard InChI is InChI=1S/C39H52FN5O7/c1-38(2,3)32(44-36(49)51-7)34(47)42-28(20-24-12-10-9-11-13-24)22-30(46)29(43-35(48)33(39(4,5)6)45-37(50)52-8)21-25-14-16-26(17-15-25)27-18-19-31(40)41-23-27/h9-19,23,28-30,32-33,46H,20-22H2,1-8H3,(H,42,47)(H,43,48)(H,44,49)(H,45,50)/t28-,29-,30-,32+,33+/m0/s1. The first kappa shape index (κ1) is 41.4. The van der Waals surface area contributed by atoms with Gasteiger partial charge in [0, 0.05) is 17.8 Å². The third-order valence-electron chi connectivity index (χ3n) is 8.61. The molecule has 5 N–H and O–H groups in total. The smallest absolute Gasteiger partial charge is 0.407 e. The minimum Gasteiger partial charge on any atom is -0.453 e. The molecule has 2 aromatic carbocycles. The quantitative estimate of drug-likeness (QED) is 0.146. The molecule has 0 saturated heterocycles. The number of pyridine rings is 1. The van der Waals surface area contributed by atoms with Gasteiger partial charge in [-0.2, -0.15) is 4.39 Å². The maximum absolute atomic E-state index is 13.8. The molecule has 282 valence electrons. The second kappa shape index (κ2) is 18.5. The van der Waals surface area contributed by atoms with Crippen LogP contribution in [-0.2, 0) is 31.9 Å². The molecular formula is C39H52FN5O7. The van der Waals surface area contributed by atoms with Gasteiger partial charge in [-0.05, 0) is 58.9 Å². The number of aromatic nitrogens is 1. The lowest BCUT2D eigenvalue weighted by Gasteiger charge is -2.34. The molecule has 52 heavy (non-hydrogen) atoms. The second-order valence-electron chi connectivity index (χ2n) is 15.0. The van der Waals surface area contributed by atoms with Crippen LogP contribution < -0.4 is 21.3 Å². The Morgan fingerprint density at radius 1 is 0.692 bits per heavy atom. The van der Waals surface area contributed by atoms with Crippen molar-refractivity contribution >= 4 is 24.0 Å². The molecule has 1 heterocycles. The third-order valence-corrected chi connectivity index (χ3v) is 8.61. The molecule has 0 aliphatic rings. The number of amides is 4. The van der Waals surface area contributed by atoms with E-state index in [1.54, 1.807) is 26.8 Å². The zero-order valence-electron chi connectivity index (χ0n) is 31.2. The number of methoxy groups -OCH3 is 2. The molecule has 0 aliphatic heterocycles. The number of carbonyl (C=O) groups is 4. The summed E-state index contributed by atoms with van der Waals surface area (Å²) >= 11 is 0. The number of hydrogen-bond donors (Lipinski definition) is 5. The van der Waals surface area contributed by atoms with Crippen molar-refractivity contribution in [1.82, 2.24) is 26.3 Å². The van der Waals surface area contributed by atoms with E-state index < -0.39 is 71.0 Å². The summed E-state index contributed by atoms with van der Waals surface area (Å²) in [7, 11) is 2.42. The van der Waals surface area contributed by atoms with E-state index in [1.807, 2.05) is 75.4 Å². The van der Waals surface area contributed by atoms with Crippen molar-refractivity contribution in [2.24, 2.45) is 10.8 Å². The summed E-state index contributed by atoms with van der Waals surface area (Å²) in [6.07, 6.45) is -0.752. The molecule has 13 heteroatoms. The van der Waals surface area contributed by atoms with Crippen molar-refractivity contribution in [3.63, 3.8) is 0 Å². The topological polar surface area (TPSA) is 168 Å². The first-order valence-corrected chi connectivity index (χ1v) is 17.1. The van der Waals surface area contributed by atoms with E-state index in [9.17, 15) is 28.7 Å². The Morgan fingerprint density at radius 3 is 1.67 bits per heavy atom. The highest BCUT2D eigenvalue weighted by Crippen LogP contribution is 2.24. The van der Waals surface area contributed by atoms with Gasteiger partial charge in [0.25, 0.3) is 0 Å². The monoisotopic (exact) mass is 721 g/mol. The van der Waals surface area contributed by atoms with Gasteiger partial charge >= 0.3 is 12.2 Å². The zero-order chi connectivity index (χ0) is 38.6. The Morgan fingerprint density at radius 2 is 1.19 bits per heavy atom. The van der Waals surface area contributed by atoms with Crippen molar-refractivity contribution in [3.8, 4) is 11.1 Å². The van der Waals surface area contributed by atoms with Gasteiger partial charge in [-0.1, -0.05) is 96.1 Å². The van der Waals surface area contributed by atoms with Crippen LogP contribution in [0.1, 0.15) is 59.1 Å². The summed E-state index contributed by atoms with van der Waals surface area (Å²) in [5.74, 6) is -1.58. The van der Waals surface area contributed by atoms with Crippen molar-refractivity contribution < 1.29 is 38.1 Å². The van der Waals surface area contributed by atoms with E-state index in [4.69, 9.17) is 9.47 Å². The Hall–Kier alpha value is -5.04. The van der Waals surface area contributed by atoms with E-state index >= 15 is 0 Å². The van der Waals surface area contributed by atoms with E-state index in [-0.39, 0.29) is 12.8 Å². The molecule has 0 saturated carbocycles. The van der Waals surface area contributed by atoms with E-state index in [0.717, 1.165) is 22.3 Å². The number of ether oxygens (including phenoxy) is 2. The summed E-state index contributed by atoms with van der Waals surface area (Å²) in [5.41, 5.74) is 1.78. The number of halogens is 1. The molecule has 0 unspecified atom stereocenters. The van der Waals surface area contributed by atoms with Crippen LogP contribution in [0.25, 0.3) is 11.1 Å². The average Bonchev–Trinajstić information content (AvgIpc) is 3.08. The van der Waals surface area contributed by atoms with Crippen LogP contribution in [-0.4, -0.2) is 78.6 Å². The summed E-state index contributed by atoms with van der Waals surface area (Å²) in [5, 5.41) is 23.1. The fourth-order valence-corrected chi connectivity index (χ4v) is 5.72. The fourth-order valence-electron chi connectivity index (χ4n) is 5.72. The van der Waals surface area contributed by atoms with Gasteiger partial charge in [-0.15, -0.1) is 0 Å². The maximum atomic E-state index is 13.8. The summed E-state index contributed by atoms with van der Waals surface area (Å²) < 4.78 is 22.9. The number of aliphatic hydroxyl groups is 1. The van der Waals surface area contributed by atoms with Gasteiger partial charge < -0.3 is 35.8 Å². The highest BCUT2D eigenvalue weighted by Gasteiger charge is 2.37. The molecule has 12 nitrogen and oxygen atoms in total. The number of nitrogens with one attached hydrogen (secondary N) is 4. The highest BCUT2D eigenvalue weighted by atomic mass is 19.1. The molecule has 0 spiro atoms. The van der Waals surface area contributed by atoms with E-state index in [2.05, 4.69) is 26.3 Å². The molecule has 1 aromatic heterocycles. The predicted molar refractivity (Wildman–Crippen MR) is 196 cm³/mol.